The first kappa shape index (κ1) is 21.8. The number of Topliss-reactive ketones (excluding diaryl/α,β-unsaturated/α-hetero) is 1. The molecule has 1 fully saturated rings. The van der Waals surface area contributed by atoms with E-state index < -0.39 is 53.6 Å². The van der Waals surface area contributed by atoms with Gasteiger partial charge in [-0.2, -0.15) is 0 Å². The third kappa shape index (κ3) is 4.04. The number of rotatable bonds is 5. The maximum Gasteiger partial charge on any atom is 0.195 e. The van der Waals surface area contributed by atoms with Gasteiger partial charge < -0.3 is 45.6 Å². The van der Waals surface area contributed by atoms with Crippen LogP contribution in [0.25, 0.3) is 0 Å². The zero-order valence-electron chi connectivity index (χ0n) is 15.6. The Morgan fingerprint density at radius 3 is 2.30 bits per heavy atom. The Bertz CT molecular complexity index is 943. The van der Waals surface area contributed by atoms with Gasteiger partial charge in [0.05, 0.1) is 17.7 Å². The van der Waals surface area contributed by atoms with E-state index in [1.54, 1.807) is 0 Å². The maximum absolute atomic E-state index is 12.7. The first-order valence-electron chi connectivity index (χ1n) is 9.05. The van der Waals surface area contributed by atoms with Crippen molar-refractivity contribution in [1.29, 1.82) is 0 Å². The van der Waals surface area contributed by atoms with Crippen molar-refractivity contribution in [3.05, 3.63) is 47.0 Å². The highest BCUT2D eigenvalue weighted by atomic mass is 16.5. The standard InChI is InChI=1S/C20H22O10/c21-10-3-1-8(5-12(10)23)6-13(24)16(26)9-2-4-11(22)15(17(9)27)20-19(29)18(28)14(25)7-30-20/h1-5,13-14,18-25,27-29H,6-7H2/t13-,14-,18+,19-,20-/m1/s1. The van der Waals surface area contributed by atoms with E-state index in [2.05, 4.69) is 0 Å². The fraction of sp³-hybridized carbons (Fsp3) is 0.350. The quantitative estimate of drug-likeness (QED) is 0.229. The number of carbonyl (C=O) groups excluding carboxylic acids is 1. The van der Waals surface area contributed by atoms with E-state index in [4.69, 9.17) is 4.74 Å². The molecule has 0 saturated carbocycles. The number of ketones is 1. The van der Waals surface area contributed by atoms with Crippen LogP contribution in [-0.4, -0.2) is 77.7 Å². The molecule has 8 N–H and O–H groups in total. The summed E-state index contributed by atoms with van der Waals surface area (Å²) in [7, 11) is 0. The molecule has 30 heavy (non-hydrogen) atoms. The molecule has 10 heteroatoms. The van der Waals surface area contributed by atoms with E-state index in [9.17, 15) is 45.6 Å². The summed E-state index contributed by atoms with van der Waals surface area (Å²) in [5.41, 5.74) is -0.392. The fourth-order valence-electron chi connectivity index (χ4n) is 3.33. The van der Waals surface area contributed by atoms with Crippen LogP contribution in [-0.2, 0) is 11.2 Å². The van der Waals surface area contributed by atoms with Crippen LogP contribution in [0, 0.1) is 0 Å². The van der Waals surface area contributed by atoms with Crippen LogP contribution >= 0.6 is 0 Å². The average Bonchev–Trinajstić information content (AvgIpc) is 2.70. The van der Waals surface area contributed by atoms with Crippen molar-refractivity contribution < 1.29 is 50.4 Å². The van der Waals surface area contributed by atoms with Crippen molar-refractivity contribution in [2.75, 3.05) is 6.61 Å². The lowest BCUT2D eigenvalue weighted by Crippen LogP contribution is -2.49. The molecule has 162 valence electrons. The van der Waals surface area contributed by atoms with Crippen LogP contribution in [0.1, 0.15) is 27.6 Å². The number of hydrogen-bond donors (Lipinski definition) is 8. The molecular weight excluding hydrogens is 400 g/mol. The highest BCUT2D eigenvalue weighted by Gasteiger charge is 2.41. The van der Waals surface area contributed by atoms with E-state index in [0.717, 1.165) is 12.1 Å². The molecule has 0 unspecified atom stereocenters. The van der Waals surface area contributed by atoms with Crippen LogP contribution in [0.5, 0.6) is 23.0 Å². The summed E-state index contributed by atoms with van der Waals surface area (Å²) in [4.78, 5) is 12.7. The minimum atomic E-state index is -1.69. The second kappa shape index (κ2) is 8.46. The average molecular weight is 422 g/mol. The van der Waals surface area contributed by atoms with Gasteiger partial charge in [0.25, 0.3) is 0 Å². The Morgan fingerprint density at radius 2 is 1.63 bits per heavy atom. The summed E-state index contributed by atoms with van der Waals surface area (Å²) in [6.45, 7) is -0.382. The minimum Gasteiger partial charge on any atom is -0.507 e. The van der Waals surface area contributed by atoms with Crippen molar-refractivity contribution in [3.63, 3.8) is 0 Å². The van der Waals surface area contributed by atoms with E-state index >= 15 is 0 Å². The summed E-state index contributed by atoms with van der Waals surface area (Å²) in [5.74, 6) is -2.97. The highest BCUT2D eigenvalue weighted by Crippen LogP contribution is 2.41. The highest BCUT2D eigenvalue weighted by molar-refractivity contribution is 6.02. The van der Waals surface area contributed by atoms with E-state index in [-0.39, 0.29) is 29.9 Å². The SMILES string of the molecule is O=C(c1ccc(O)c([C@H]2OC[C@@H](O)[C@H](O)[C@H]2O)c1O)[C@H](O)Cc1ccc(O)c(O)c1. The predicted octanol–water partition coefficient (Wildman–Crippen LogP) is -0.551. The van der Waals surface area contributed by atoms with Gasteiger partial charge in [0, 0.05) is 6.42 Å². The second-order valence-corrected chi connectivity index (χ2v) is 7.10. The van der Waals surface area contributed by atoms with Crippen molar-refractivity contribution in [3.8, 4) is 23.0 Å². The van der Waals surface area contributed by atoms with Crippen LogP contribution in [0.2, 0.25) is 0 Å². The molecule has 0 amide bonds. The zero-order chi connectivity index (χ0) is 22.2. The lowest BCUT2D eigenvalue weighted by Gasteiger charge is -2.36. The maximum atomic E-state index is 12.7. The van der Waals surface area contributed by atoms with E-state index in [1.807, 2.05) is 0 Å². The molecule has 1 aliphatic rings. The number of aromatic hydroxyl groups is 4. The van der Waals surface area contributed by atoms with Crippen LogP contribution < -0.4 is 0 Å². The molecule has 3 rings (SSSR count). The minimum absolute atomic E-state index is 0.240. The summed E-state index contributed by atoms with van der Waals surface area (Å²) >= 11 is 0. The lowest BCUT2D eigenvalue weighted by atomic mass is 9.90. The smallest absolute Gasteiger partial charge is 0.195 e. The molecule has 1 saturated heterocycles. The number of phenolic OH excluding ortho intramolecular Hbond substituents is 4. The molecular formula is C20H22O10. The molecule has 1 heterocycles. The second-order valence-electron chi connectivity index (χ2n) is 7.10. The van der Waals surface area contributed by atoms with Gasteiger partial charge in [-0.05, 0) is 29.8 Å². The fourth-order valence-corrected chi connectivity index (χ4v) is 3.33. The number of ether oxygens (including phenoxy) is 1. The molecule has 0 aromatic heterocycles. The molecule has 0 aliphatic carbocycles. The monoisotopic (exact) mass is 422 g/mol. The molecule has 5 atom stereocenters. The topological polar surface area (TPSA) is 188 Å². The molecule has 10 nitrogen and oxygen atoms in total. The molecule has 0 bridgehead atoms. The number of carbonyl (C=O) groups is 1. The van der Waals surface area contributed by atoms with Crippen molar-refractivity contribution >= 4 is 5.78 Å². The molecule has 2 aromatic carbocycles. The molecule has 0 radical (unpaired) electrons. The van der Waals surface area contributed by atoms with Gasteiger partial charge >= 0.3 is 0 Å². The van der Waals surface area contributed by atoms with Crippen molar-refractivity contribution in [2.24, 2.45) is 0 Å². The summed E-state index contributed by atoms with van der Waals surface area (Å²) in [6.07, 6.45) is -7.97. The lowest BCUT2D eigenvalue weighted by molar-refractivity contribution is -0.189. The Labute approximate surface area is 170 Å². The Kier molecular flexibility index (Phi) is 6.15. The molecule has 2 aromatic rings. The largest absolute Gasteiger partial charge is 0.507 e. The molecule has 0 spiro atoms. The van der Waals surface area contributed by atoms with E-state index in [0.29, 0.717) is 5.56 Å². The third-order valence-corrected chi connectivity index (χ3v) is 5.02. The summed E-state index contributed by atoms with van der Waals surface area (Å²) < 4.78 is 5.23. The van der Waals surface area contributed by atoms with Gasteiger partial charge in [-0.25, -0.2) is 0 Å². The number of benzene rings is 2. The molecule has 1 aliphatic heterocycles. The third-order valence-electron chi connectivity index (χ3n) is 5.02. The van der Waals surface area contributed by atoms with Crippen molar-refractivity contribution in [1.82, 2.24) is 0 Å². The Balaban J connectivity index is 1.88. The van der Waals surface area contributed by atoms with Gasteiger partial charge in [-0.1, -0.05) is 6.07 Å². The summed E-state index contributed by atoms with van der Waals surface area (Å²) in [5, 5.41) is 79.4. The normalized spacial score (nSPS) is 25.1. The number of aliphatic hydroxyl groups excluding tert-OH is 4. The zero-order valence-corrected chi connectivity index (χ0v) is 15.6. The van der Waals surface area contributed by atoms with Crippen LogP contribution in [0.15, 0.2) is 30.3 Å². The van der Waals surface area contributed by atoms with Crippen molar-refractivity contribution in [2.45, 2.75) is 36.9 Å². The predicted molar refractivity (Wildman–Crippen MR) is 100 cm³/mol. The van der Waals surface area contributed by atoms with Gasteiger partial charge in [-0.3, -0.25) is 4.79 Å². The Hall–Kier alpha value is -2.89. The van der Waals surface area contributed by atoms with Gasteiger partial charge in [0.15, 0.2) is 17.3 Å². The summed E-state index contributed by atoms with van der Waals surface area (Å²) in [6, 6.07) is 5.91. The Morgan fingerprint density at radius 1 is 0.967 bits per heavy atom. The first-order valence-corrected chi connectivity index (χ1v) is 9.05. The first-order chi connectivity index (χ1) is 14.1. The number of hydrogen-bond acceptors (Lipinski definition) is 10. The van der Waals surface area contributed by atoms with Gasteiger partial charge in [-0.15, -0.1) is 0 Å². The van der Waals surface area contributed by atoms with Crippen LogP contribution in [0.3, 0.4) is 0 Å². The van der Waals surface area contributed by atoms with E-state index in [1.165, 1.54) is 18.2 Å². The van der Waals surface area contributed by atoms with Gasteiger partial charge in [0.1, 0.15) is 42.0 Å². The van der Waals surface area contributed by atoms with Crippen LogP contribution in [0.4, 0.5) is 0 Å². The number of phenols is 4. The van der Waals surface area contributed by atoms with Gasteiger partial charge in [0.2, 0.25) is 0 Å². The number of aliphatic hydroxyl groups is 4.